The van der Waals surface area contributed by atoms with Crippen LogP contribution in [0.1, 0.15) is 5.56 Å². The molecule has 17 heavy (non-hydrogen) atoms. The summed E-state index contributed by atoms with van der Waals surface area (Å²) in [7, 11) is 1.60. The van der Waals surface area contributed by atoms with E-state index in [9.17, 15) is 0 Å². The van der Waals surface area contributed by atoms with Gasteiger partial charge in [0.15, 0.2) is 0 Å². The smallest absolute Gasteiger partial charge is 0.213 e. The molecule has 1 N–H and O–H groups in total. The normalized spacial score (nSPS) is 10.0. The molecule has 2 aromatic heterocycles. The molecule has 0 amide bonds. The number of aromatic nitrogens is 2. The van der Waals surface area contributed by atoms with Gasteiger partial charge in [0.2, 0.25) is 5.88 Å². The molecule has 88 valence electrons. The van der Waals surface area contributed by atoms with Crippen LogP contribution in [-0.4, -0.2) is 17.1 Å². The molecule has 0 saturated heterocycles. The molecule has 2 heterocycles. The third-order valence-electron chi connectivity index (χ3n) is 2.23. The minimum Gasteiger partial charge on any atom is -0.481 e. The zero-order chi connectivity index (χ0) is 12.1. The number of hydrogen-bond donors (Lipinski definition) is 1. The summed E-state index contributed by atoms with van der Waals surface area (Å²) in [6, 6.07) is 7.46. The van der Waals surface area contributed by atoms with Crippen LogP contribution in [0.3, 0.4) is 0 Å². The zero-order valence-electron chi connectivity index (χ0n) is 9.35. The van der Waals surface area contributed by atoms with Crippen LogP contribution < -0.4 is 10.1 Å². The van der Waals surface area contributed by atoms with Gasteiger partial charge in [-0.25, -0.2) is 9.97 Å². The number of halogens is 1. The molecule has 0 unspecified atom stereocenters. The third kappa shape index (κ3) is 3.32. The second kappa shape index (κ2) is 5.50. The van der Waals surface area contributed by atoms with Crippen molar-refractivity contribution < 1.29 is 4.74 Å². The van der Waals surface area contributed by atoms with Crippen LogP contribution in [0, 0.1) is 0 Å². The molecule has 0 aromatic carbocycles. The first-order valence-corrected chi connectivity index (χ1v) is 5.50. The number of ether oxygens (including phenoxy) is 1. The Balaban J connectivity index is 2.02. The fourth-order valence-corrected chi connectivity index (χ4v) is 1.56. The standard InChI is InChI=1S/C12H12ClN3O/c1-17-12-6-9(2-4-15-12)8-16-10-3-5-14-11(13)7-10/h2-7H,8H2,1H3,(H,14,16). The van der Waals surface area contributed by atoms with Crippen LogP contribution in [0.2, 0.25) is 5.15 Å². The Morgan fingerprint density at radius 1 is 1.24 bits per heavy atom. The molecule has 0 aliphatic rings. The number of nitrogens with zero attached hydrogens (tertiary/aromatic N) is 2. The molecule has 2 aromatic rings. The fourth-order valence-electron chi connectivity index (χ4n) is 1.39. The Morgan fingerprint density at radius 3 is 2.82 bits per heavy atom. The Hall–Kier alpha value is -1.81. The first kappa shape index (κ1) is 11.7. The predicted octanol–water partition coefficient (Wildman–Crippen LogP) is 2.75. The SMILES string of the molecule is COc1cc(CNc2ccnc(Cl)c2)ccn1. The molecular weight excluding hydrogens is 238 g/mol. The molecule has 0 saturated carbocycles. The number of rotatable bonds is 4. The molecule has 4 nitrogen and oxygen atoms in total. The van der Waals surface area contributed by atoms with E-state index < -0.39 is 0 Å². The summed E-state index contributed by atoms with van der Waals surface area (Å²) in [6.45, 7) is 0.680. The van der Waals surface area contributed by atoms with E-state index >= 15 is 0 Å². The number of hydrogen-bond acceptors (Lipinski definition) is 4. The van der Waals surface area contributed by atoms with Crippen LogP contribution in [0.5, 0.6) is 5.88 Å². The molecule has 0 atom stereocenters. The van der Waals surface area contributed by atoms with Crippen LogP contribution >= 0.6 is 11.6 Å². The summed E-state index contributed by atoms with van der Waals surface area (Å²) in [6.07, 6.45) is 3.38. The van der Waals surface area contributed by atoms with Crippen molar-refractivity contribution >= 4 is 17.3 Å². The lowest BCUT2D eigenvalue weighted by Crippen LogP contribution is -2.00. The van der Waals surface area contributed by atoms with Gasteiger partial charge in [0.1, 0.15) is 5.15 Å². The van der Waals surface area contributed by atoms with Crippen LogP contribution in [0.15, 0.2) is 36.7 Å². The maximum Gasteiger partial charge on any atom is 0.213 e. The average Bonchev–Trinajstić information content (AvgIpc) is 2.37. The predicted molar refractivity (Wildman–Crippen MR) is 67.4 cm³/mol. The largest absolute Gasteiger partial charge is 0.481 e. The molecule has 0 radical (unpaired) electrons. The Bertz CT molecular complexity index is 505. The molecule has 0 spiro atoms. The van der Waals surface area contributed by atoms with Crippen molar-refractivity contribution in [3.05, 3.63) is 47.4 Å². The van der Waals surface area contributed by atoms with Gasteiger partial charge in [-0.3, -0.25) is 0 Å². The molecular formula is C12H12ClN3O. The molecule has 0 bridgehead atoms. The Kier molecular flexibility index (Phi) is 3.77. The van der Waals surface area contributed by atoms with Crippen molar-refractivity contribution in [1.29, 1.82) is 0 Å². The van der Waals surface area contributed by atoms with Gasteiger partial charge < -0.3 is 10.1 Å². The molecule has 0 aliphatic heterocycles. The van der Waals surface area contributed by atoms with Gasteiger partial charge in [-0.2, -0.15) is 0 Å². The average molecular weight is 250 g/mol. The monoisotopic (exact) mass is 249 g/mol. The molecule has 0 fully saturated rings. The minimum absolute atomic E-state index is 0.474. The van der Waals surface area contributed by atoms with Gasteiger partial charge in [-0.15, -0.1) is 0 Å². The highest BCUT2D eigenvalue weighted by Gasteiger charge is 1.98. The van der Waals surface area contributed by atoms with E-state index in [1.165, 1.54) is 0 Å². The maximum atomic E-state index is 5.79. The van der Waals surface area contributed by atoms with Crippen molar-refractivity contribution in [1.82, 2.24) is 9.97 Å². The first-order chi connectivity index (χ1) is 8.28. The molecule has 5 heteroatoms. The van der Waals surface area contributed by atoms with E-state index in [1.807, 2.05) is 18.2 Å². The van der Waals surface area contributed by atoms with Crippen molar-refractivity contribution in [2.45, 2.75) is 6.54 Å². The maximum absolute atomic E-state index is 5.79. The fraction of sp³-hybridized carbons (Fsp3) is 0.167. The van der Waals surface area contributed by atoms with Gasteiger partial charge in [-0.1, -0.05) is 11.6 Å². The summed E-state index contributed by atoms with van der Waals surface area (Å²) in [5.74, 6) is 0.608. The highest BCUT2D eigenvalue weighted by Crippen LogP contribution is 2.14. The second-order valence-electron chi connectivity index (χ2n) is 3.43. The quantitative estimate of drug-likeness (QED) is 0.847. The van der Waals surface area contributed by atoms with Crippen LogP contribution in [0.25, 0.3) is 0 Å². The highest BCUT2D eigenvalue weighted by molar-refractivity contribution is 6.29. The Labute approximate surface area is 105 Å². The number of pyridine rings is 2. The minimum atomic E-state index is 0.474. The lowest BCUT2D eigenvalue weighted by Gasteiger charge is -2.07. The summed E-state index contributed by atoms with van der Waals surface area (Å²) in [4.78, 5) is 7.96. The lowest BCUT2D eigenvalue weighted by atomic mass is 10.2. The molecule has 2 rings (SSSR count). The number of methoxy groups -OCH3 is 1. The number of anilines is 1. The summed E-state index contributed by atoms with van der Waals surface area (Å²) in [5, 5.41) is 3.72. The first-order valence-electron chi connectivity index (χ1n) is 5.12. The second-order valence-corrected chi connectivity index (χ2v) is 3.81. The van der Waals surface area contributed by atoms with E-state index in [0.717, 1.165) is 11.3 Å². The van der Waals surface area contributed by atoms with E-state index in [4.69, 9.17) is 16.3 Å². The van der Waals surface area contributed by atoms with Crippen molar-refractivity contribution in [3.63, 3.8) is 0 Å². The van der Waals surface area contributed by atoms with Gasteiger partial charge >= 0.3 is 0 Å². The van der Waals surface area contributed by atoms with Crippen molar-refractivity contribution in [3.8, 4) is 5.88 Å². The summed E-state index contributed by atoms with van der Waals surface area (Å²) in [5.41, 5.74) is 2.02. The summed E-state index contributed by atoms with van der Waals surface area (Å²) < 4.78 is 5.06. The van der Waals surface area contributed by atoms with Crippen LogP contribution in [-0.2, 0) is 6.54 Å². The lowest BCUT2D eigenvalue weighted by molar-refractivity contribution is 0.397. The van der Waals surface area contributed by atoms with Crippen molar-refractivity contribution in [2.75, 3.05) is 12.4 Å². The topological polar surface area (TPSA) is 47.0 Å². The van der Waals surface area contributed by atoms with E-state index in [-0.39, 0.29) is 0 Å². The van der Waals surface area contributed by atoms with Crippen LogP contribution in [0.4, 0.5) is 5.69 Å². The van der Waals surface area contributed by atoms with E-state index in [0.29, 0.717) is 17.6 Å². The van der Waals surface area contributed by atoms with Gasteiger partial charge in [0, 0.05) is 30.7 Å². The van der Waals surface area contributed by atoms with E-state index in [1.54, 1.807) is 25.6 Å². The zero-order valence-corrected chi connectivity index (χ0v) is 10.1. The van der Waals surface area contributed by atoms with Gasteiger partial charge in [-0.05, 0) is 23.8 Å². The summed E-state index contributed by atoms with van der Waals surface area (Å²) >= 11 is 5.79. The molecule has 0 aliphatic carbocycles. The third-order valence-corrected chi connectivity index (χ3v) is 2.44. The van der Waals surface area contributed by atoms with Gasteiger partial charge in [0.05, 0.1) is 7.11 Å². The van der Waals surface area contributed by atoms with E-state index in [2.05, 4.69) is 15.3 Å². The number of nitrogens with one attached hydrogen (secondary N) is 1. The van der Waals surface area contributed by atoms with Gasteiger partial charge in [0.25, 0.3) is 0 Å². The van der Waals surface area contributed by atoms with Crippen molar-refractivity contribution in [2.24, 2.45) is 0 Å². The Morgan fingerprint density at radius 2 is 2.06 bits per heavy atom. The highest BCUT2D eigenvalue weighted by atomic mass is 35.5.